The number of carbonyl (C=O) groups is 1. The number of amides is 1. The minimum Gasteiger partial charge on any atom is -0.493 e. The van der Waals surface area contributed by atoms with Crippen molar-refractivity contribution >= 4 is 46.4 Å². The molecule has 7 heteroatoms. The minimum atomic E-state index is -0.292. The summed E-state index contributed by atoms with van der Waals surface area (Å²) in [7, 11) is 0. The molecule has 0 spiro atoms. The summed E-state index contributed by atoms with van der Waals surface area (Å²) in [5.41, 5.74) is 2.65. The van der Waals surface area contributed by atoms with E-state index in [0.717, 1.165) is 11.1 Å². The zero-order chi connectivity index (χ0) is 21.7. The third-order valence-electron chi connectivity index (χ3n) is 4.27. The van der Waals surface area contributed by atoms with Crippen molar-refractivity contribution < 1.29 is 14.3 Å². The molecular formula is C23H20Cl3NO3. The van der Waals surface area contributed by atoms with Gasteiger partial charge in [0.15, 0.2) is 0 Å². The number of ether oxygens (including phenoxy) is 2. The van der Waals surface area contributed by atoms with E-state index in [2.05, 4.69) is 5.32 Å². The van der Waals surface area contributed by atoms with Crippen LogP contribution in [0.1, 0.15) is 28.4 Å². The van der Waals surface area contributed by atoms with Crippen LogP contribution >= 0.6 is 34.8 Å². The van der Waals surface area contributed by atoms with Gasteiger partial charge in [0.1, 0.15) is 18.1 Å². The molecule has 0 aliphatic carbocycles. The van der Waals surface area contributed by atoms with E-state index in [-0.39, 0.29) is 12.5 Å². The molecular weight excluding hydrogens is 445 g/mol. The summed E-state index contributed by atoms with van der Waals surface area (Å²) in [4.78, 5) is 12.7. The Morgan fingerprint density at radius 1 is 0.933 bits per heavy atom. The van der Waals surface area contributed by atoms with E-state index in [9.17, 15) is 4.79 Å². The Morgan fingerprint density at radius 2 is 1.67 bits per heavy atom. The van der Waals surface area contributed by atoms with Gasteiger partial charge in [0.05, 0.1) is 6.61 Å². The second-order valence-electron chi connectivity index (χ2n) is 6.57. The summed E-state index contributed by atoms with van der Waals surface area (Å²) in [6.45, 7) is 4.55. The molecule has 0 aliphatic heterocycles. The van der Waals surface area contributed by atoms with E-state index in [1.54, 1.807) is 48.5 Å². The second-order valence-corrected chi connectivity index (χ2v) is 7.85. The van der Waals surface area contributed by atoms with Crippen molar-refractivity contribution in [3.8, 4) is 11.5 Å². The number of benzene rings is 3. The molecule has 0 radical (unpaired) electrons. The lowest BCUT2D eigenvalue weighted by atomic mass is 10.1. The average molecular weight is 465 g/mol. The number of halogens is 3. The minimum absolute atomic E-state index is 0.237. The maximum absolute atomic E-state index is 12.7. The smallest absolute Gasteiger partial charge is 0.255 e. The third-order valence-corrected chi connectivity index (χ3v) is 5.13. The second kappa shape index (κ2) is 10.1. The number of aryl methyl sites for hydroxylation is 1. The van der Waals surface area contributed by atoms with Crippen LogP contribution in [0.25, 0.3) is 0 Å². The molecule has 0 bridgehead atoms. The van der Waals surface area contributed by atoms with Crippen LogP contribution in [0.2, 0.25) is 15.1 Å². The van der Waals surface area contributed by atoms with Gasteiger partial charge in [0.25, 0.3) is 5.91 Å². The molecule has 0 aliphatic rings. The van der Waals surface area contributed by atoms with Crippen LogP contribution < -0.4 is 14.8 Å². The fourth-order valence-corrected chi connectivity index (χ4v) is 3.47. The molecule has 0 fully saturated rings. The highest BCUT2D eigenvalue weighted by Gasteiger charge is 2.13. The van der Waals surface area contributed by atoms with E-state index in [1.165, 1.54) is 0 Å². The molecule has 3 rings (SSSR count). The Hall–Kier alpha value is -2.40. The molecule has 0 saturated heterocycles. The van der Waals surface area contributed by atoms with Gasteiger partial charge in [0, 0.05) is 31.9 Å². The molecule has 156 valence electrons. The van der Waals surface area contributed by atoms with Crippen LogP contribution in [0.4, 0.5) is 5.69 Å². The Kier molecular flexibility index (Phi) is 7.48. The first-order valence-electron chi connectivity index (χ1n) is 9.28. The summed E-state index contributed by atoms with van der Waals surface area (Å²) < 4.78 is 11.6. The number of hydrogen-bond acceptors (Lipinski definition) is 3. The topological polar surface area (TPSA) is 47.6 Å². The van der Waals surface area contributed by atoms with Crippen LogP contribution in [0, 0.1) is 6.92 Å². The van der Waals surface area contributed by atoms with E-state index in [0.29, 0.717) is 44.4 Å². The number of carbonyl (C=O) groups excluding carboxylic acids is 1. The lowest BCUT2D eigenvalue weighted by molar-refractivity contribution is 0.102. The maximum atomic E-state index is 12.7. The molecule has 4 nitrogen and oxygen atoms in total. The molecule has 0 saturated carbocycles. The predicted octanol–water partition coefficient (Wildman–Crippen LogP) is 7.19. The first-order chi connectivity index (χ1) is 14.4. The van der Waals surface area contributed by atoms with Crippen molar-refractivity contribution in [2.45, 2.75) is 20.5 Å². The van der Waals surface area contributed by atoms with Crippen LogP contribution in [-0.4, -0.2) is 12.5 Å². The number of rotatable bonds is 7. The third kappa shape index (κ3) is 5.82. The van der Waals surface area contributed by atoms with E-state index < -0.39 is 0 Å². The Balaban J connectivity index is 1.80. The number of hydrogen-bond donors (Lipinski definition) is 1. The SMILES string of the molecule is CCOc1ccc(C(=O)Nc2cc(Cl)cc(Cl)c2)cc1COc1ccc(Cl)c(C)c1. The molecule has 3 aromatic rings. The van der Waals surface area contributed by atoms with Gasteiger partial charge in [-0.25, -0.2) is 0 Å². The summed E-state index contributed by atoms with van der Waals surface area (Å²) in [6.07, 6.45) is 0. The van der Waals surface area contributed by atoms with Gasteiger partial charge in [-0.15, -0.1) is 0 Å². The molecule has 1 N–H and O–H groups in total. The summed E-state index contributed by atoms with van der Waals surface area (Å²) in [5, 5.41) is 4.36. The van der Waals surface area contributed by atoms with Crippen molar-refractivity contribution in [2.75, 3.05) is 11.9 Å². The zero-order valence-electron chi connectivity index (χ0n) is 16.5. The highest BCUT2D eigenvalue weighted by molar-refractivity contribution is 6.35. The van der Waals surface area contributed by atoms with Crippen molar-refractivity contribution in [2.24, 2.45) is 0 Å². The first-order valence-corrected chi connectivity index (χ1v) is 10.4. The number of nitrogens with one attached hydrogen (secondary N) is 1. The van der Waals surface area contributed by atoms with Gasteiger partial charge in [-0.3, -0.25) is 4.79 Å². The molecule has 3 aromatic carbocycles. The molecule has 30 heavy (non-hydrogen) atoms. The van der Waals surface area contributed by atoms with Gasteiger partial charge >= 0.3 is 0 Å². The molecule has 0 atom stereocenters. The summed E-state index contributed by atoms with van der Waals surface area (Å²) >= 11 is 18.1. The van der Waals surface area contributed by atoms with Gasteiger partial charge in [-0.2, -0.15) is 0 Å². The molecule has 0 aromatic heterocycles. The van der Waals surface area contributed by atoms with Crippen LogP contribution in [0.15, 0.2) is 54.6 Å². The highest BCUT2D eigenvalue weighted by Crippen LogP contribution is 2.27. The molecule has 1 amide bonds. The summed E-state index contributed by atoms with van der Waals surface area (Å²) in [5.74, 6) is 1.05. The van der Waals surface area contributed by atoms with Crippen molar-refractivity contribution in [1.29, 1.82) is 0 Å². The Morgan fingerprint density at radius 3 is 2.33 bits per heavy atom. The van der Waals surface area contributed by atoms with Crippen molar-refractivity contribution in [3.05, 3.63) is 86.4 Å². The largest absolute Gasteiger partial charge is 0.493 e. The average Bonchev–Trinajstić information content (AvgIpc) is 2.69. The van der Waals surface area contributed by atoms with E-state index >= 15 is 0 Å². The van der Waals surface area contributed by atoms with Crippen molar-refractivity contribution in [3.63, 3.8) is 0 Å². The van der Waals surface area contributed by atoms with Crippen molar-refractivity contribution in [1.82, 2.24) is 0 Å². The first kappa shape index (κ1) is 22.3. The normalized spacial score (nSPS) is 10.6. The standard InChI is InChI=1S/C23H20Cl3NO3/c1-3-29-22-7-4-15(23(28)27-19-11-17(24)10-18(25)12-19)9-16(22)13-30-20-5-6-21(26)14(2)8-20/h4-12H,3,13H2,1-2H3,(H,27,28). The van der Waals surface area contributed by atoms with E-state index in [1.807, 2.05) is 19.9 Å². The highest BCUT2D eigenvalue weighted by atomic mass is 35.5. The molecule has 0 unspecified atom stereocenters. The number of anilines is 1. The fourth-order valence-electron chi connectivity index (χ4n) is 2.83. The lowest BCUT2D eigenvalue weighted by Gasteiger charge is -2.14. The maximum Gasteiger partial charge on any atom is 0.255 e. The lowest BCUT2D eigenvalue weighted by Crippen LogP contribution is -2.13. The zero-order valence-corrected chi connectivity index (χ0v) is 18.7. The van der Waals surface area contributed by atoms with Crippen LogP contribution in [0.3, 0.4) is 0 Å². The fraction of sp³-hybridized carbons (Fsp3) is 0.174. The van der Waals surface area contributed by atoms with Gasteiger partial charge in [-0.1, -0.05) is 34.8 Å². The van der Waals surface area contributed by atoms with Crippen LogP contribution in [0.5, 0.6) is 11.5 Å². The van der Waals surface area contributed by atoms with Gasteiger partial charge in [0.2, 0.25) is 0 Å². The predicted molar refractivity (Wildman–Crippen MR) is 123 cm³/mol. The Bertz CT molecular complexity index is 1050. The molecule has 0 heterocycles. The van der Waals surface area contributed by atoms with Crippen LogP contribution in [-0.2, 0) is 6.61 Å². The monoisotopic (exact) mass is 463 g/mol. The quantitative estimate of drug-likeness (QED) is 0.402. The Labute approximate surface area is 190 Å². The van der Waals surface area contributed by atoms with Gasteiger partial charge < -0.3 is 14.8 Å². The van der Waals surface area contributed by atoms with E-state index in [4.69, 9.17) is 44.3 Å². The van der Waals surface area contributed by atoms with Gasteiger partial charge in [-0.05, 0) is 74.0 Å². The summed E-state index contributed by atoms with van der Waals surface area (Å²) in [6, 6.07) is 15.5.